The highest BCUT2D eigenvalue weighted by Crippen LogP contribution is 2.12. The second-order valence-corrected chi connectivity index (χ2v) is 4.16. The van der Waals surface area contributed by atoms with Crippen LogP contribution in [0.4, 0.5) is 8.78 Å². The SMILES string of the molecule is COc1ccc(C(=O)NCc2ccc(F)c(F)c2)cc1. The third-order valence-corrected chi connectivity index (χ3v) is 2.79. The van der Waals surface area contributed by atoms with E-state index in [4.69, 9.17) is 4.74 Å². The van der Waals surface area contributed by atoms with E-state index >= 15 is 0 Å². The number of ether oxygens (including phenoxy) is 1. The molecule has 0 radical (unpaired) electrons. The number of amides is 1. The van der Waals surface area contributed by atoms with Gasteiger partial charge >= 0.3 is 0 Å². The van der Waals surface area contributed by atoms with Crippen LogP contribution < -0.4 is 10.1 Å². The van der Waals surface area contributed by atoms with Gasteiger partial charge in [0.15, 0.2) is 11.6 Å². The molecule has 0 aliphatic rings. The van der Waals surface area contributed by atoms with Gasteiger partial charge in [0.2, 0.25) is 0 Å². The molecule has 5 heteroatoms. The summed E-state index contributed by atoms with van der Waals surface area (Å²) in [4.78, 5) is 11.8. The van der Waals surface area contributed by atoms with Gasteiger partial charge in [0.25, 0.3) is 5.91 Å². The fourth-order valence-corrected chi connectivity index (χ4v) is 1.68. The quantitative estimate of drug-likeness (QED) is 0.933. The number of methoxy groups -OCH3 is 1. The van der Waals surface area contributed by atoms with Gasteiger partial charge in [-0.2, -0.15) is 0 Å². The van der Waals surface area contributed by atoms with Crippen LogP contribution >= 0.6 is 0 Å². The molecule has 3 nitrogen and oxygen atoms in total. The lowest BCUT2D eigenvalue weighted by atomic mass is 10.2. The molecule has 0 spiro atoms. The minimum atomic E-state index is -0.929. The predicted octanol–water partition coefficient (Wildman–Crippen LogP) is 2.90. The molecular formula is C15H13F2NO2. The number of halogens is 2. The monoisotopic (exact) mass is 277 g/mol. The van der Waals surface area contributed by atoms with Crippen LogP contribution in [0.2, 0.25) is 0 Å². The number of hydrogen-bond acceptors (Lipinski definition) is 2. The molecule has 2 rings (SSSR count). The zero-order chi connectivity index (χ0) is 14.5. The Morgan fingerprint density at radius 1 is 1.10 bits per heavy atom. The first-order valence-corrected chi connectivity index (χ1v) is 5.96. The van der Waals surface area contributed by atoms with Gasteiger partial charge in [-0.15, -0.1) is 0 Å². The van der Waals surface area contributed by atoms with Crippen LogP contribution in [0.15, 0.2) is 42.5 Å². The number of hydrogen-bond donors (Lipinski definition) is 1. The second-order valence-electron chi connectivity index (χ2n) is 4.16. The smallest absolute Gasteiger partial charge is 0.251 e. The van der Waals surface area contributed by atoms with Gasteiger partial charge in [0, 0.05) is 12.1 Å². The molecule has 20 heavy (non-hydrogen) atoms. The Hall–Kier alpha value is -2.43. The maximum atomic E-state index is 13.0. The lowest BCUT2D eigenvalue weighted by Gasteiger charge is -2.06. The van der Waals surface area contributed by atoms with Crippen molar-refractivity contribution in [3.8, 4) is 5.75 Å². The number of carbonyl (C=O) groups is 1. The zero-order valence-corrected chi connectivity index (χ0v) is 10.8. The van der Waals surface area contributed by atoms with E-state index in [-0.39, 0.29) is 12.5 Å². The van der Waals surface area contributed by atoms with E-state index in [1.54, 1.807) is 24.3 Å². The third-order valence-electron chi connectivity index (χ3n) is 2.79. The lowest BCUT2D eigenvalue weighted by Crippen LogP contribution is -2.22. The summed E-state index contributed by atoms with van der Waals surface area (Å²) in [6.45, 7) is 0.127. The molecule has 0 fully saturated rings. The van der Waals surface area contributed by atoms with Crippen molar-refractivity contribution in [1.29, 1.82) is 0 Å². The maximum Gasteiger partial charge on any atom is 0.251 e. The first-order chi connectivity index (χ1) is 9.60. The molecule has 2 aromatic carbocycles. The molecule has 104 valence electrons. The Labute approximate surface area is 115 Å². The van der Waals surface area contributed by atoms with Crippen molar-refractivity contribution < 1.29 is 18.3 Å². The Bertz CT molecular complexity index is 612. The van der Waals surface area contributed by atoms with Crippen molar-refractivity contribution in [3.05, 3.63) is 65.2 Å². The summed E-state index contributed by atoms with van der Waals surface area (Å²) in [5, 5.41) is 2.63. The molecule has 2 aromatic rings. The lowest BCUT2D eigenvalue weighted by molar-refractivity contribution is 0.0951. The molecule has 0 saturated carbocycles. The van der Waals surface area contributed by atoms with Gasteiger partial charge in [0.05, 0.1) is 7.11 Å². The van der Waals surface area contributed by atoms with E-state index < -0.39 is 11.6 Å². The normalized spacial score (nSPS) is 10.2. The van der Waals surface area contributed by atoms with Gasteiger partial charge in [0.1, 0.15) is 5.75 Å². The van der Waals surface area contributed by atoms with Crippen LogP contribution in [0.1, 0.15) is 15.9 Å². The largest absolute Gasteiger partial charge is 0.497 e. The molecule has 0 bridgehead atoms. The minimum Gasteiger partial charge on any atom is -0.497 e. The summed E-state index contributed by atoms with van der Waals surface area (Å²) >= 11 is 0. The highest BCUT2D eigenvalue weighted by molar-refractivity contribution is 5.94. The number of benzene rings is 2. The van der Waals surface area contributed by atoms with Gasteiger partial charge in [-0.1, -0.05) is 6.07 Å². The summed E-state index contributed by atoms with van der Waals surface area (Å²) in [5.41, 5.74) is 0.958. The van der Waals surface area contributed by atoms with Gasteiger partial charge in [-0.3, -0.25) is 4.79 Å². The minimum absolute atomic E-state index is 0.127. The molecule has 0 saturated heterocycles. The van der Waals surface area contributed by atoms with Crippen LogP contribution in [0.3, 0.4) is 0 Å². The molecule has 0 aliphatic heterocycles. The van der Waals surface area contributed by atoms with Crippen LogP contribution in [0.25, 0.3) is 0 Å². The van der Waals surface area contributed by atoms with E-state index in [0.29, 0.717) is 16.9 Å². The van der Waals surface area contributed by atoms with E-state index in [1.165, 1.54) is 13.2 Å². The molecule has 0 heterocycles. The van der Waals surface area contributed by atoms with Crippen molar-refractivity contribution in [1.82, 2.24) is 5.32 Å². The molecule has 0 atom stereocenters. The van der Waals surface area contributed by atoms with Crippen molar-refractivity contribution in [2.24, 2.45) is 0 Å². The van der Waals surface area contributed by atoms with Crippen LogP contribution in [-0.2, 0) is 6.54 Å². The summed E-state index contributed by atoms with van der Waals surface area (Å²) in [6, 6.07) is 10.1. The van der Waals surface area contributed by atoms with E-state index in [0.717, 1.165) is 12.1 Å². The molecular weight excluding hydrogens is 264 g/mol. The topological polar surface area (TPSA) is 38.3 Å². The summed E-state index contributed by atoms with van der Waals surface area (Å²) in [5.74, 6) is -1.48. The summed E-state index contributed by atoms with van der Waals surface area (Å²) in [6.07, 6.45) is 0. The van der Waals surface area contributed by atoms with E-state index in [9.17, 15) is 13.6 Å². The van der Waals surface area contributed by atoms with Crippen LogP contribution in [-0.4, -0.2) is 13.0 Å². The predicted molar refractivity (Wildman–Crippen MR) is 70.5 cm³/mol. The standard InChI is InChI=1S/C15H13F2NO2/c1-20-12-5-3-11(4-6-12)15(19)18-9-10-2-7-13(16)14(17)8-10/h2-8H,9H2,1H3,(H,18,19). The average Bonchev–Trinajstić information content (AvgIpc) is 2.48. The summed E-state index contributed by atoms with van der Waals surface area (Å²) in [7, 11) is 1.54. The highest BCUT2D eigenvalue weighted by Gasteiger charge is 2.07. The molecule has 0 aromatic heterocycles. The van der Waals surface area contributed by atoms with E-state index in [1.807, 2.05) is 0 Å². The first kappa shape index (κ1) is 14.0. The Balaban J connectivity index is 1.98. The third kappa shape index (κ3) is 3.32. The molecule has 0 aliphatic carbocycles. The van der Waals surface area contributed by atoms with Crippen LogP contribution in [0.5, 0.6) is 5.75 Å². The highest BCUT2D eigenvalue weighted by atomic mass is 19.2. The van der Waals surface area contributed by atoms with E-state index in [2.05, 4.69) is 5.32 Å². The second kappa shape index (κ2) is 6.14. The fourth-order valence-electron chi connectivity index (χ4n) is 1.68. The zero-order valence-electron chi connectivity index (χ0n) is 10.8. The Kier molecular flexibility index (Phi) is 4.30. The first-order valence-electron chi connectivity index (χ1n) is 5.96. The van der Waals surface area contributed by atoms with Crippen molar-refractivity contribution in [3.63, 3.8) is 0 Å². The number of nitrogens with one attached hydrogen (secondary N) is 1. The van der Waals surface area contributed by atoms with Crippen molar-refractivity contribution >= 4 is 5.91 Å². The van der Waals surface area contributed by atoms with Gasteiger partial charge in [-0.05, 0) is 42.0 Å². The number of rotatable bonds is 4. The van der Waals surface area contributed by atoms with Gasteiger partial charge in [-0.25, -0.2) is 8.78 Å². The summed E-state index contributed by atoms with van der Waals surface area (Å²) < 4.78 is 30.8. The Morgan fingerprint density at radius 2 is 1.80 bits per heavy atom. The molecule has 0 unspecified atom stereocenters. The Morgan fingerprint density at radius 3 is 2.40 bits per heavy atom. The molecule has 1 N–H and O–H groups in total. The van der Waals surface area contributed by atoms with Crippen molar-refractivity contribution in [2.75, 3.05) is 7.11 Å². The van der Waals surface area contributed by atoms with Gasteiger partial charge < -0.3 is 10.1 Å². The molecule has 1 amide bonds. The number of carbonyl (C=O) groups excluding carboxylic acids is 1. The average molecular weight is 277 g/mol. The van der Waals surface area contributed by atoms with Crippen LogP contribution in [0, 0.1) is 11.6 Å². The maximum absolute atomic E-state index is 13.0. The van der Waals surface area contributed by atoms with Crippen molar-refractivity contribution in [2.45, 2.75) is 6.54 Å². The fraction of sp³-hybridized carbons (Fsp3) is 0.133.